The molecule has 0 aromatic heterocycles. The monoisotopic (exact) mass is 297 g/mol. The van der Waals surface area contributed by atoms with Crippen molar-refractivity contribution < 1.29 is 18.0 Å². The Morgan fingerprint density at radius 3 is 2.29 bits per heavy atom. The standard InChI is InChI=1S/C16H18F3NO/c1-5-14(12(4)21)15(16(17,18)19)20(11(2)3)13-9-7-6-8-10-13/h5,7,9-10H,1-2,6,8H2,3-4H3/b15-14+. The molecule has 0 spiro atoms. The first-order chi connectivity index (χ1) is 9.70. The lowest BCUT2D eigenvalue weighted by molar-refractivity contribution is -0.118. The van der Waals surface area contributed by atoms with E-state index >= 15 is 0 Å². The Hall–Kier alpha value is -2.04. The summed E-state index contributed by atoms with van der Waals surface area (Å²) in [4.78, 5) is 12.5. The SMILES string of the molecule is C=C/C(C(C)=O)=C(\N(C(=C)C)C1=CCCC=C1)C(F)(F)F. The maximum Gasteiger partial charge on any atom is 0.432 e. The van der Waals surface area contributed by atoms with Crippen molar-refractivity contribution in [2.45, 2.75) is 32.9 Å². The Labute approximate surface area is 122 Å². The van der Waals surface area contributed by atoms with E-state index in [1.807, 2.05) is 0 Å². The highest BCUT2D eigenvalue weighted by atomic mass is 19.4. The Morgan fingerprint density at radius 1 is 1.33 bits per heavy atom. The van der Waals surface area contributed by atoms with Gasteiger partial charge >= 0.3 is 6.18 Å². The van der Waals surface area contributed by atoms with E-state index in [-0.39, 0.29) is 5.70 Å². The van der Waals surface area contributed by atoms with Crippen molar-refractivity contribution in [3.8, 4) is 0 Å². The number of Topliss-reactive ketones (excluding diaryl/α,β-unsaturated/α-hetero) is 1. The summed E-state index contributed by atoms with van der Waals surface area (Å²) in [5.41, 5.74) is -0.969. The van der Waals surface area contributed by atoms with E-state index in [0.29, 0.717) is 12.1 Å². The van der Waals surface area contributed by atoms with E-state index in [1.165, 1.54) is 6.92 Å². The Bertz CT molecular complexity index is 550. The molecule has 0 aromatic carbocycles. The van der Waals surface area contributed by atoms with Crippen LogP contribution in [0.1, 0.15) is 26.7 Å². The summed E-state index contributed by atoms with van der Waals surface area (Å²) < 4.78 is 40.5. The zero-order valence-corrected chi connectivity index (χ0v) is 12.1. The zero-order valence-electron chi connectivity index (χ0n) is 12.1. The van der Waals surface area contributed by atoms with Gasteiger partial charge in [-0.3, -0.25) is 4.79 Å². The number of carbonyl (C=O) groups excluding carboxylic acids is 1. The van der Waals surface area contributed by atoms with E-state index in [2.05, 4.69) is 13.2 Å². The average molecular weight is 297 g/mol. The van der Waals surface area contributed by atoms with Crippen LogP contribution in [0.3, 0.4) is 0 Å². The summed E-state index contributed by atoms with van der Waals surface area (Å²) in [6.07, 6.45) is 2.75. The van der Waals surface area contributed by atoms with Gasteiger partial charge in [0, 0.05) is 17.0 Å². The Morgan fingerprint density at radius 2 is 1.95 bits per heavy atom. The maximum atomic E-state index is 13.5. The van der Waals surface area contributed by atoms with Crippen LogP contribution in [0, 0.1) is 0 Å². The smallest absolute Gasteiger partial charge is 0.310 e. The second-order valence-corrected chi connectivity index (χ2v) is 4.70. The molecule has 0 saturated carbocycles. The zero-order chi connectivity index (χ0) is 16.2. The molecule has 0 atom stereocenters. The maximum absolute atomic E-state index is 13.5. The van der Waals surface area contributed by atoms with Crippen LogP contribution in [0.2, 0.25) is 0 Å². The molecule has 2 nitrogen and oxygen atoms in total. The van der Waals surface area contributed by atoms with Crippen LogP contribution in [0.4, 0.5) is 13.2 Å². The van der Waals surface area contributed by atoms with Gasteiger partial charge in [0.2, 0.25) is 0 Å². The van der Waals surface area contributed by atoms with Crippen LogP contribution < -0.4 is 0 Å². The molecular formula is C16H18F3NO. The topological polar surface area (TPSA) is 20.3 Å². The largest absolute Gasteiger partial charge is 0.432 e. The molecule has 0 aliphatic heterocycles. The first-order valence-corrected chi connectivity index (χ1v) is 6.47. The lowest BCUT2D eigenvalue weighted by atomic mass is 10.1. The van der Waals surface area contributed by atoms with Crippen molar-refractivity contribution in [2.75, 3.05) is 0 Å². The number of rotatable bonds is 5. The highest BCUT2D eigenvalue weighted by molar-refractivity contribution is 5.97. The van der Waals surface area contributed by atoms with Crippen LogP contribution in [0.5, 0.6) is 0 Å². The molecule has 0 amide bonds. The quantitative estimate of drug-likeness (QED) is 0.544. The van der Waals surface area contributed by atoms with E-state index in [0.717, 1.165) is 24.3 Å². The minimum Gasteiger partial charge on any atom is -0.310 e. The lowest BCUT2D eigenvalue weighted by Gasteiger charge is -2.32. The molecular weight excluding hydrogens is 279 g/mol. The highest BCUT2D eigenvalue weighted by Gasteiger charge is 2.42. The van der Waals surface area contributed by atoms with Gasteiger partial charge in [0.05, 0.1) is 0 Å². The fourth-order valence-electron chi connectivity index (χ4n) is 2.11. The van der Waals surface area contributed by atoms with E-state index < -0.39 is 23.2 Å². The van der Waals surface area contributed by atoms with Crippen LogP contribution in [0.15, 0.2) is 60.1 Å². The fourth-order valence-corrected chi connectivity index (χ4v) is 2.11. The third-order valence-corrected chi connectivity index (χ3v) is 2.95. The highest BCUT2D eigenvalue weighted by Crippen LogP contribution is 2.37. The normalized spacial score (nSPS) is 16.0. The van der Waals surface area contributed by atoms with Gasteiger partial charge in [-0.05, 0) is 32.8 Å². The molecule has 1 aliphatic rings. The molecule has 0 N–H and O–H groups in total. The predicted molar refractivity (Wildman–Crippen MR) is 77.1 cm³/mol. The Kier molecular flexibility index (Phi) is 5.35. The molecule has 0 heterocycles. The van der Waals surface area contributed by atoms with E-state index in [9.17, 15) is 18.0 Å². The van der Waals surface area contributed by atoms with Gasteiger partial charge in [-0.15, -0.1) is 0 Å². The van der Waals surface area contributed by atoms with Gasteiger partial charge < -0.3 is 4.90 Å². The number of halogens is 3. The summed E-state index contributed by atoms with van der Waals surface area (Å²) in [7, 11) is 0. The first-order valence-electron chi connectivity index (χ1n) is 6.47. The summed E-state index contributed by atoms with van der Waals surface area (Å²) in [5.74, 6) is -0.691. The number of hydrogen-bond donors (Lipinski definition) is 0. The fraction of sp³-hybridized carbons (Fsp3) is 0.312. The van der Waals surface area contributed by atoms with Crippen LogP contribution in [-0.4, -0.2) is 16.9 Å². The van der Waals surface area contributed by atoms with E-state index in [1.54, 1.807) is 18.2 Å². The number of ketones is 1. The third-order valence-electron chi connectivity index (χ3n) is 2.95. The summed E-state index contributed by atoms with van der Waals surface area (Å²) in [6, 6.07) is 0. The molecule has 0 bridgehead atoms. The van der Waals surface area contributed by atoms with E-state index in [4.69, 9.17) is 0 Å². The van der Waals surface area contributed by atoms with Crippen LogP contribution in [0.25, 0.3) is 0 Å². The Balaban J connectivity index is 3.58. The van der Waals surface area contributed by atoms with Crippen molar-refractivity contribution in [3.05, 3.63) is 60.1 Å². The molecule has 21 heavy (non-hydrogen) atoms. The van der Waals surface area contributed by atoms with Gasteiger partial charge in [0.15, 0.2) is 5.78 Å². The van der Waals surface area contributed by atoms with Gasteiger partial charge in [0.25, 0.3) is 0 Å². The molecule has 0 saturated heterocycles. The molecule has 1 aliphatic carbocycles. The van der Waals surface area contributed by atoms with Crippen molar-refractivity contribution in [3.63, 3.8) is 0 Å². The number of carbonyl (C=O) groups is 1. The molecule has 0 aromatic rings. The molecule has 0 fully saturated rings. The van der Waals surface area contributed by atoms with Crippen molar-refractivity contribution in [2.24, 2.45) is 0 Å². The first kappa shape index (κ1) is 17.0. The summed E-state index contributed by atoms with van der Waals surface area (Å²) >= 11 is 0. The lowest BCUT2D eigenvalue weighted by Crippen LogP contribution is -2.32. The second-order valence-electron chi connectivity index (χ2n) is 4.70. The average Bonchev–Trinajstić information content (AvgIpc) is 2.37. The van der Waals surface area contributed by atoms with Crippen molar-refractivity contribution in [1.29, 1.82) is 0 Å². The second kappa shape index (κ2) is 6.61. The summed E-state index contributed by atoms with van der Waals surface area (Å²) in [5, 5.41) is 0. The molecule has 0 radical (unpaired) electrons. The van der Waals surface area contributed by atoms with Crippen LogP contribution >= 0.6 is 0 Å². The molecule has 5 heteroatoms. The third kappa shape index (κ3) is 3.97. The molecule has 0 unspecified atom stereocenters. The number of hydrogen-bond acceptors (Lipinski definition) is 2. The number of nitrogens with zero attached hydrogens (tertiary/aromatic N) is 1. The van der Waals surface area contributed by atoms with Crippen LogP contribution in [-0.2, 0) is 4.79 Å². The summed E-state index contributed by atoms with van der Waals surface area (Å²) in [6.45, 7) is 9.50. The minimum atomic E-state index is -4.69. The van der Waals surface area contributed by atoms with Crippen molar-refractivity contribution in [1.82, 2.24) is 4.90 Å². The van der Waals surface area contributed by atoms with Gasteiger partial charge in [-0.25, -0.2) is 0 Å². The number of alkyl halides is 3. The van der Waals surface area contributed by atoms with Gasteiger partial charge in [-0.1, -0.05) is 31.4 Å². The molecule has 114 valence electrons. The van der Waals surface area contributed by atoms with Crippen molar-refractivity contribution >= 4 is 5.78 Å². The van der Waals surface area contributed by atoms with Gasteiger partial charge in [0.1, 0.15) is 5.70 Å². The predicted octanol–water partition coefficient (Wildman–Crippen LogP) is 4.65. The molecule has 1 rings (SSSR count). The number of allylic oxidation sites excluding steroid dienone is 7. The van der Waals surface area contributed by atoms with Gasteiger partial charge in [-0.2, -0.15) is 13.2 Å². The minimum absolute atomic E-state index is 0.181.